The predicted octanol–water partition coefficient (Wildman–Crippen LogP) is 4.37. The topological polar surface area (TPSA) is 17.1 Å². The fourth-order valence-corrected chi connectivity index (χ4v) is 1.75. The van der Waals surface area contributed by atoms with Crippen molar-refractivity contribution in [2.45, 2.75) is 19.3 Å². The van der Waals surface area contributed by atoms with Gasteiger partial charge in [-0.15, -0.1) is 0 Å². The molecule has 1 aromatic carbocycles. The first-order valence-electron chi connectivity index (χ1n) is 4.80. The summed E-state index contributed by atoms with van der Waals surface area (Å²) in [6.07, 6.45) is 1.83. The summed E-state index contributed by atoms with van der Waals surface area (Å²) >= 11 is 8.55. The summed E-state index contributed by atoms with van der Waals surface area (Å²) in [5.41, 5.74) is 0.0361. The van der Waals surface area contributed by atoms with Crippen molar-refractivity contribution in [2.75, 3.05) is 5.33 Å². The summed E-state index contributed by atoms with van der Waals surface area (Å²) in [5, 5.41) is 0.237. The third kappa shape index (κ3) is 3.52. The largest absolute Gasteiger partial charge is 0.294 e. The number of unbranched alkanes of at least 4 members (excludes halogenated alkanes) is 1. The molecule has 0 spiro atoms. The second-order valence-corrected chi connectivity index (χ2v) is 4.49. The minimum Gasteiger partial charge on any atom is -0.294 e. The van der Waals surface area contributed by atoms with E-state index in [1.165, 1.54) is 0 Å². The van der Waals surface area contributed by atoms with Gasteiger partial charge in [0.1, 0.15) is 16.7 Å². The maximum atomic E-state index is 13.1. The van der Waals surface area contributed by atoms with E-state index in [2.05, 4.69) is 15.9 Å². The average molecular weight is 312 g/mol. The zero-order valence-electron chi connectivity index (χ0n) is 8.40. The van der Waals surface area contributed by atoms with Crippen LogP contribution in [0.5, 0.6) is 0 Å². The fraction of sp³-hybridized carbons (Fsp3) is 0.364. The van der Waals surface area contributed by atoms with Gasteiger partial charge in [0.05, 0.1) is 0 Å². The number of hydrogen-bond acceptors (Lipinski definition) is 1. The molecular formula is C11H10BrClF2O. The van der Waals surface area contributed by atoms with Gasteiger partial charge in [-0.2, -0.15) is 0 Å². The van der Waals surface area contributed by atoms with Crippen molar-refractivity contribution in [3.63, 3.8) is 0 Å². The lowest BCUT2D eigenvalue weighted by atomic mass is 10.1. The molecule has 0 saturated carbocycles. The van der Waals surface area contributed by atoms with Crippen molar-refractivity contribution < 1.29 is 13.6 Å². The van der Waals surface area contributed by atoms with E-state index < -0.39 is 16.7 Å². The highest BCUT2D eigenvalue weighted by molar-refractivity contribution is 9.09. The van der Waals surface area contributed by atoms with Crippen LogP contribution >= 0.6 is 27.5 Å². The van der Waals surface area contributed by atoms with Crippen LogP contribution in [0.3, 0.4) is 0 Å². The molecule has 0 aromatic heterocycles. The van der Waals surface area contributed by atoms with Crippen LogP contribution in [-0.4, -0.2) is 11.1 Å². The van der Waals surface area contributed by atoms with Crippen molar-refractivity contribution in [1.29, 1.82) is 0 Å². The highest BCUT2D eigenvalue weighted by atomic mass is 79.9. The van der Waals surface area contributed by atoms with Crippen LogP contribution in [0.1, 0.15) is 29.6 Å². The summed E-state index contributed by atoms with van der Waals surface area (Å²) in [7, 11) is 0. The van der Waals surface area contributed by atoms with Gasteiger partial charge in [-0.1, -0.05) is 27.5 Å². The molecule has 0 aliphatic heterocycles. The molecule has 0 unspecified atom stereocenters. The van der Waals surface area contributed by atoms with Gasteiger partial charge in [0.25, 0.3) is 0 Å². The van der Waals surface area contributed by atoms with Crippen molar-refractivity contribution in [3.05, 3.63) is 34.4 Å². The van der Waals surface area contributed by atoms with E-state index in [4.69, 9.17) is 11.6 Å². The number of rotatable bonds is 5. The first-order valence-corrected chi connectivity index (χ1v) is 6.30. The number of halogens is 4. The van der Waals surface area contributed by atoms with E-state index in [9.17, 15) is 13.6 Å². The Hall–Kier alpha value is -0.480. The number of carbonyl (C=O) groups is 1. The van der Waals surface area contributed by atoms with E-state index in [0.29, 0.717) is 6.42 Å². The van der Waals surface area contributed by atoms with Crippen LogP contribution in [-0.2, 0) is 0 Å². The quantitative estimate of drug-likeness (QED) is 0.342. The molecule has 5 heteroatoms. The lowest BCUT2D eigenvalue weighted by Gasteiger charge is -2.03. The first-order chi connectivity index (χ1) is 7.56. The van der Waals surface area contributed by atoms with Gasteiger partial charge in [-0.25, -0.2) is 8.78 Å². The van der Waals surface area contributed by atoms with Gasteiger partial charge < -0.3 is 0 Å². The number of hydrogen-bond donors (Lipinski definition) is 0. The maximum Gasteiger partial charge on any atom is 0.163 e. The summed E-state index contributed by atoms with van der Waals surface area (Å²) < 4.78 is 26.1. The molecule has 0 amide bonds. The molecule has 0 atom stereocenters. The van der Waals surface area contributed by atoms with E-state index in [0.717, 1.165) is 23.9 Å². The number of alkyl halides is 1. The van der Waals surface area contributed by atoms with Crippen LogP contribution in [0.2, 0.25) is 5.02 Å². The average Bonchev–Trinajstić information content (AvgIpc) is 2.25. The SMILES string of the molecule is O=C(CCCCBr)c1cc(F)c(Cl)c(F)c1. The van der Waals surface area contributed by atoms with Gasteiger partial charge in [-0.05, 0) is 25.0 Å². The molecule has 0 aliphatic carbocycles. The van der Waals surface area contributed by atoms with Crippen LogP contribution in [0.4, 0.5) is 8.78 Å². The molecule has 0 aliphatic rings. The maximum absolute atomic E-state index is 13.1. The molecule has 16 heavy (non-hydrogen) atoms. The Labute approximate surface area is 106 Å². The third-order valence-corrected chi connectivity index (χ3v) is 3.02. The van der Waals surface area contributed by atoms with Gasteiger partial charge in [-0.3, -0.25) is 4.79 Å². The van der Waals surface area contributed by atoms with Crippen molar-refractivity contribution in [1.82, 2.24) is 0 Å². The first kappa shape index (κ1) is 13.6. The van der Waals surface area contributed by atoms with Crippen LogP contribution < -0.4 is 0 Å². The number of benzene rings is 1. The monoisotopic (exact) mass is 310 g/mol. The van der Waals surface area contributed by atoms with E-state index in [-0.39, 0.29) is 17.8 Å². The Morgan fingerprint density at radius 1 is 1.25 bits per heavy atom. The predicted molar refractivity (Wildman–Crippen MR) is 63.3 cm³/mol. The lowest BCUT2D eigenvalue weighted by Crippen LogP contribution is -2.01. The van der Waals surface area contributed by atoms with Crippen molar-refractivity contribution in [3.8, 4) is 0 Å². The smallest absolute Gasteiger partial charge is 0.163 e. The molecule has 0 saturated heterocycles. The van der Waals surface area contributed by atoms with E-state index >= 15 is 0 Å². The van der Waals surface area contributed by atoms with Crippen molar-refractivity contribution in [2.24, 2.45) is 0 Å². The van der Waals surface area contributed by atoms with Crippen molar-refractivity contribution >= 4 is 33.3 Å². The molecule has 0 heterocycles. The standard InChI is InChI=1S/C11H10BrClF2O/c12-4-2-1-3-10(16)7-5-8(14)11(13)9(15)6-7/h5-6H,1-4H2. The molecule has 1 rings (SSSR count). The summed E-state index contributed by atoms with van der Waals surface area (Å²) in [5.74, 6) is -2.06. The molecule has 0 fully saturated rings. The Balaban J connectivity index is 2.76. The second kappa shape index (κ2) is 6.30. The summed E-state index contributed by atoms with van der Waals surface area (Å²) in [6, 6.07) is 1.95. The van der Waals surface area contributed by atoms with Gasteiger partial charge >= 0.3 is 0 Å². The minimum atomic E-state index is -0.898. The van der Waals surface area contributed by atoms with Gasteiger partial charge in [0.15, 0.2) is 5.78 Å². The zero-order chi connectivity index (χ0) is 12.1. The lowest BCUT2D eigenvalue weighted by molar-refractivity contribution is 0.0979. The van der Waals surface area contributed by atoms with E-state index in [1.54, 1.807) is 0 Å². The van der Waals surface area contributed by atoms with Gasteiger partial charge in [0, 0.05) is 17.3 Å². The number of Topliss-reactive ketones (excluding diaryl/α,β-unsaturated/α-hetero) is 1. The molecule has 0 radical (unpaired) electrons. The number of carbonyl (C=O) groups excluding carboxylic acids is 1. The molecular weight excluding hydrogens is 301 g/mol. The van der Waals surface area contributed by atoms with Crippen LogP contribution in [0.15, 0.2) is 12.1 Å². The Bertz CT molecular complexity index is 373. The summed E-state index contributed by atoms with van der Waals surface area (Å²) in [4.78, 5) is 11.5. The van der Waals surface area contributed by atoms with Crippen LogP contribution in [0, 0.1) is 11.6 Å². The minimum absolute atomic E-state index is 0.0361. The Morgan fingerprint density at radius 2 is 1.81 bits per heavy atom. The highest BCUT2D eigenvalue weighted by Crippen LogP contribution is 2.21. The molecule has 1 aromatic rings. The second-order valence-electron chi connectivity index (χ2n) is 3.32. The normalized spacial score (nSPS) is 10.5. The van der Waals surface area contributed by atoms with Gasteiger partial charge in [0.2, 0.25) is 0 Å². The zero-order valence-corrected chi connectivity index (χ0v) is 10.7. The fourth-order valence-electron chi connectivity index (χ4n) is 1.24. The van der Waals surface area contributed by atoms with Crippen LogP contribution in [0.25, 0.3) is 0 Å². The molecule has 0 bridgehead atoms. The Kier molecular flexibility index (Phi) is 5.35. The highest BCUT2D eigenvalue weighted by Gasteiger charge is 2.13. The summed E-state index contributed by atoms with van der Waals surface area (Å²) in [6.45, 7) is 0. The molecule has 0 N–H and O–H groups in total. The van der Waals surface area contributed by atoms with E-state index in [1.807, 2.05) is 0 Å². The molecule has 88 valence electrons. The third-order valence-electron chi connectivity index (χ3n) is 2.09. The Morgan fingerprint density at radius 3 is 2.31 bits per heavy atom. The molecule has 1 nitrogen and oxygen atoms in total. The number of ketones is 1.